The maximum atomic E-state index is 11.5. The van der Waals surface area contributed by atoms with Crippen molar-refractivity contribution in [2.75, 3.05) is 35.0 Å². The average molecular weight is 401 g/mol. The van der Waals surface area contributed by atoms with Crippen LogP contribution in [0.3, 0.4) is 0 Å². The molecule has 0 aliphatic carbocycles. The summed E-state index contributed by atoms with van der Waals surface area (Å²) in [5.41, 5.74) is 3.25. The Balaban J connectivity index is 1.94. The minimum Gasteiger partial charge on any atom is -0.497 e. The highest BCUT2D eigenvalue weighted by molar-refractivity contribution is 5.62. The molecule has 7 heteroatoms. The first kappa shape index (κ1) is 19.8. The van der Waals surface area contributed by atoms with Gasteiger partial charge in [0, 0.05) is 18.2 Å². The summed E-state index contributed by atoms with van der Waals surface area (Å²) < 4.78 is 22.1. The van der Waals surface area contributed by atoms with E-state index in [1.807, 2.05) is 31.2 Å². The van der Waals surface area contributed by atoms with Crippen LogP contribution in [0, 0.1) is 0 Å². The van der Waals surface area contributed by atoms with Crippen molar-refractivity contribution in [1.82, 2.24) is 4.90 Å². The number of nitrogens with zero attached hydrogens (tertiary/aromatic N) is 1. The lowest BCUT2D eigenvalue weighted by Gasteiger charge is -2.49. The largest absolute Gasteiger partial charge is 0.497 e. The number of rotatable bonds is 4. The van der Waals surface area contributed by atoms with Gasteiger partial charge in [0.25, 0.3) is 0 Å². The molecule has 2 aromatic carbocycles. The van der Waals surface area contributed by atoms with Crippen LogP contribution in [0.2, 0.25) is 0 Å². The van der Waals surface area contributed by atoms with E-state index in [0.29, 0.717) is 29.5 Å². The van der Waals surface area contributed by atoms with Gasteiger partial charge in [0.15, 0.2) is 11.5 Å². The average Bonchev–Trinajstić information content (AvgIpc) is 2.75. The molecule has 0 spiro atoms. The summed E-state index contributed by atoms with van der Waals surface area (Å²) in [6.45, 7) is 2.45. The fourth-order valence-corrected chi connectivity index (χ4v) is 4.79. The summed E-state index contributed by atoms with van der Waals surface area (Å²) in [5.74, 6) is 2.22. The molecular formula is C22H27NO6. The summed E-state index contributed by atoms with van der Waals surface area (Å²) in [5, 5.41) is 22.2. The van der Waals surface area contributed by atoms with Crippen LogP contribution in [0.4, 0.5) is 0 Å². The van der Waals surface area contributed by atoms with Gasteiger partial charge < -0.3 is 29.2 Å². The molecule has 156 valence electrons. The lowest BCUT2D eigenvalue weighted by molar-refractivity contribution is -0.0341. The van der Waals surface area contributed by atoms with Crippen molar-refractivity contribution < 1.29 is 29.2 Å². The smallest absolute Gasteiger partial charge is 0.203 e. The van der Waals surface area contributed by atoms with Gasteiger partial charge in [-0.3, -0.25) is 4.90 Å². The second-order valence-corrected chi connectivity index (χ2v) is 7.42. The summed E-state index contributed by atoms with van der Waals surface area (Å²) in [7, 11) is 6.31. The number of ether oxygens (including phenoxy) is 4. The summed E-state index contributed by atoms with van der Waals surface area (Å²) in [4.78, 5) is 2.11. The Hall–Kier alpha value is -2.48. The van der Waals surface area contributed by atoms with E-state index in [0.717, 1.165) is 22.3 Å². The standard InChI is InChI=1S/C22H27NO6/c1-11-18-15(9-17(27-3)21(28-4)22(18)29-5)20(25)19-14-8-12(26-2)6-7-13(14)16(24)10-23(11)19/h6-9,11,16,19-20,24-25H,10H2,1-5H3/t11-,16+,19+,20-/m1/s1. The highest BCUT2D eigenvalue weighted by atomic mass is 16.5. The number of hydrogen-bond acceptors (Lipinski definition) is 7. The van der Waals surface area contributed by atoms with Gasteiger partial charge in [-0.05, 0) is 41.8 Å². The van der Waals surface area contributed by atoms with Gasteiger partial charge in [-0.25, -0.2) is 0 Å². The fraction of sp³-hybridized carbons (Fsp3) is 0.455. The molecule has 0 saturated carbocycles. The highest BCUT2D eigenvalue weighted by Gasteiger charge is 2.46. The zero-order valence-electron chi connectivity index (χ0n) is 17.3. The van der Waals surface area contributed by atoms with Gasteiger partial charge in [0.05, 0.1) is 46.7 Å². The molecule has 4 atom stereocenters. The first-order chi connectivity index (χ1) is 14.0. The maximum absolute atomic E-state index is 11.5. The predicted molar refractivity (Wildman–Crippen MR) is 107 cm³/mol. The van der Waals surface area contributed by atoms with E-state index in [-0.39, 0.29) is 12.1 Å². The van der Waals surface area contributed by atoms with Crippen molar-refractivity contribution in [2.24, 2.45) is 0 Å². The first-order valence-electron chi connectivity index (χ1n) is 9.59. The van der Waals surface area contributed by atoms with E-state index in [9.17, 15) is 10.2 Å². The summed E-state index contributed by atoms with van der Waals surface area (Å²) >= 11 is 0. The SMILES string of the molecule is COc1ccc2c(c1)[C@H]1[C@H](O)c3cc(OC)c(OC)c(OC)c3[C@@H](C)N1C[C@@H]2O. The van der Waals surface area contributed by atoms with Crippen molar-refractivity contribution in [2.45, 2.75) is 31.2 Å². The van der Waals surface area contributed by atoms with Crippen LogP contribution in [0.1, 0.15) is 53.5 Å². The zero-order chi connectivity index (χ0) is 20.9. The molecule has 7 nitrogen and oxygen atoms in total. The molecule has 0 radical (unpaired) electrons. The molecule has 0 unspecified atom stereocenters. The molecule has 0 fully saturated rings. The van der Waals surface area contributed by atoms with Crippen LogP contribution < -0.4 is 18.9 Å². The second-order valence-electron chi connectivity index (χ2n) is 7.42. The van der Waals surface area contributed by atoms with Gasteiger partial charge in [-0.2, -0.15) is 0 Å². The van der Waals surface area contributed by atoms with E-state index in [4.69, 9.17) is 18.9 Å². The summed E-state index contributed by atoms with van der Waals surface area (Å²) in [6.07, 6.45) is -1.50. The van der Waals surface area contributed by atoms with Gasteiger partial charge >= 0.3 is 0 Å². The third kappa shape index (κ3) is 2.84. The van der Waals surface area contributed by atoms with Crippen molar-refractivity contribution in [3.63, 3.8) is 0 Å². The van der Waals surface area contributed by atoms with Crippen LogP contribution in [0.15, 0.2) is 24.3 Å². The van der Waals surface area contributed by atoms with Crippen molar-refractivity contribution in [3.8, 4) is 23.0 Å². The van der Waals surface area contributed by atoms with Crippen molar-refractivity contribution in [3.05, 3.63) is 46.5 Å². The molecule has 2 N–H and O–H groups in total. The Kier molecular flexibility index (Phi) is 5.06. The Morgan fingerprint density at radius 1 is 0.862 bits per heavy atom. The monoisotopic (exact) mass is 401 g/mol. The zero-order valence-corrected chi connectivity index (χ0v) is 17.3. The number of hydrogen-bond donors (Lipinski definition) is 2. The van der Waals surface area contributed by atoms with E-state index in [2.05, 4.69) is 4.90 Å². The molecule has 0 saturated heterocycles. The Morgan fingerprint density at radius 3 is 2.21 bits per heavy atom. The van der Waals surface area contributed by atoms with E-state index < -0.39 is 12.2 Å². The van der Waals surface area contributed by atoms with E-state index in [1.165, 1.54) is 0 Å². The molecule has 2 aliphatic heterocycles. The van der Waals surface area contributed by atoms with E-state index in [1.54, 1.807) is 28.4 Å². The Labute approximate surface area is 170 Å². The van der Waals surface area contributed by atoms with E-state index >= 15 is 0 Å². The van der Waals surface area contributed by atoms with Crippen LogP contribution in [-0.4, -0.2) is 50.1 Å². The predicted octanol–water partition coefficient (Wildman–Crippen LogP) is 2.92. The van der Waals surface area contributed by atoms with Crippen molar-refractivity contribution in [1.29, 1.82) is 0 Å². The number of fused-ring (bicyclic) bond motifs is 4. The lowest BCUT2D eigenvalue weighted by Crippen LogP contribution is -2.45. The Bertz CT molecular complexity index is 930. The topological polar surface area (TPSA) is 80.6 Å². The highest BCUT2D eigenvalue weighted by Crippen LogP contribution is 2.56. The van der Waals surface area contributed by atoms with Gasteiger partial charge in [-0.1, -0.05) is 6.07 Å². The number of aliphatic hydroxyl groups is 2. The van der Waals surface area contributed by atoms with Gasteiger partial charge in [0.1, 0.15) is 5.75 Å². The minimum absolute atomic E-state index is 0.123. The molecule has 0 aromatic heterocycles. The molecule has 4 rings (SSSR count). The molecule has 0 amide bonds. The first-order valence-corrected chi connectivity index (χ1v) is 9.59. The second kappa shape index (κ2) is 7.40. The van der Waals surface area contributed by atoms with Crippen LogP contribution in [0.25, 0.3) is 0 Å². The Morgan fingerprint density at radius 2 is 1.59 bits per heavy atom. The third-order valence-electron chi connectivity index (χ3n) is 6.15. The van der Waals surface area contributed by atoms with Crippen LogP contribution in [0.5, 0.6) is 23.0 Å². The molecule has 0 bridgehead atoms. The summed E-state index contributed by atoms with van der Waals surface area (Å²) in [6, 6.07) is 6.98. The van der Waals surface area contributed by atoms with Gasteiger partial charge in [0.2, 0.25) is 5.75 Å². The quantitative estimate of drug-likeness (QED) is 0.815. The maximum Gasteiger partial charge on any atom is 0.203 e. The molecule has 2 aromatic rings. The molecule has 2 heterocycles. The van der Waals surface area contributed by atoms with Crippen molar-refractivity contribution >= 4 is 0 Å². The number of methoxy groups -OCH3 is 4. The van der Waals surface area contributed by atoms with Crippen LogP contribution in [-0.2, 0) is 0 Å². The molecule has 2 aliphatic rings. The number of aliphatic hydroxyl groups excluding tert-OH is 2. The normalized spacial score (nSPS) is 25.5. The fourth-order valence-electron chi connectivity index (χ4n) is 4.79. The third-order valence-corrected chi connectivity index (χ3v) is 6.15. The van der Waals surface area contributed by atoms with Crippen LogP contribution >= 0.6 is 0 Å². The number of benzene rings is 2. The minimum atomic E-state index is -0.840. The molecule has 29 heavy (non-hydrogen) atoms. The van der Waals surface area contributed by atoms with Gasteiger partial charge in [-0.15, -0.1) is 0 Å². The molecular weight excluding hydrogens is 374 g/mol. The lowest BCUT2D eigenvalue weighted by atomic mass is 9.78.